The van der Waals surface area contributed by atoms with Crippen LogP contribution in [-0.4, -0.2) is 35.1 Å². The molecule has 2 atom stereocenters. The fourth-order valence-corrected chi connectivity index (χ4v) is 2.58. The Morgan fingerprint density at radius 2 is 1.89 bits per heavy atom. The monoisotopic (exact) mass is 266 g/mol. The number of carboxylic acid groups (broad SMARTS) is 1. The van der Waals surface area contributed by atoms with Gasteiger partial charge in [-0.2, -0.15) is 0 Å². The standard InChI is InChI=1S/C14H19FN2O2/c15-11-5-3-10(4-6-11)13(9-12(16)14(18)19)17-7-1-2-8-17/h3-6,12-13H,1-2,7-9,16H2,(H,18,19)/t12-,13+/m1/s1. The van der Waals surface area contributed by atoms with Gasteiger partial charge in [0.2, 0.25) is 0 Å². The minimum absolute atomic E-state index is 0.0470. The highest BCUT2D eigenvalue weighted by atomic mass is 19.1. The van der Waals surface area contributed by atoms with Crippen LogP contribution in [-0.2, 0) is 4.79 Å². The molecule has 0 bridgehead atoms. The second kappa shape index (κ2) is 6.12. The third kappa shape index (κ3) is 3.52. The van der Waals surface area contributed by atoms with E-state index in [1.54, 1.807) is 12.1 Å². The summed E-state index contributed by atoms with van der Waals surface area (Å²) in [6.07, 6.45) is 2.57. The fourth-order valence-electron chi connectivity index (χ4n) is 2.58. The molecule has 0 aliphatic carbocycles. The minimum atomic E-state index is -0.994. The molecule has 1 aromatic carbocycles. The molecule has 1 aliphatic rings. The number of rotatable bonds is 5. The van der Waals surface area contributed by atoms with Crippen molar-refractivity contribution < 1.29 is 14.3 Å². The van der Waals surface area contributed by atoms with E-state index in [9.17, 15) is 9.18 Å². The Bertz CT molecular complexity index is 430. The molecular formula is C14H19FN2O2. The van der Waals surface area contributed by atoms with Crippen LogP contribution in [0.25, 0.3) is 0 Å². The van der Waals surface area contributed by atoms with E-state index in [1.807, 2.05) is 0 Å². The normalized spacial score (nSPS) is 19.3. The number of likely N-dealkylation sites (tertiary alicyclic amines) is 1. The van der Waals surface area contributed by atoms with Gasteiger partial charge in [0, 0.05) is 6.04 Å². The van der Waals surface area contributed by atoms with Crippen molar-refractivity contribution in [2.24, 2.45) is 5.73 Å². The number of nitrogens with zero attached hydrogens (tertiary/aromatic N) is 1. The molecule has 1 saturated heterocycles. The first-order chi connectivity index (χ1) is 9.08. The van der Waals surface area contributed by atoms with Crippen LogP contribution in [0.5, 0.6) is 0 Å². The van der Waals surface area contributed by atoms with Crippen LogP contribution in [0.2, 0.25) is 0 Å². The molecule has 1 heterocycles. The molecule has 4 nitrogen and oxygen atoms in total. The van der Waals surface area contributed by atoms with Gasteiger partial charge in [0.15, 0.2) is 0 Å². The van der Waals surface area contributed by atoms with Crippen LogP contribution in [0.1, 0.15) is 30.9 Å². The molecule has 0 aromatic heterocycles. The Morgan fingerprint density at radius 1 is 1.32 bits per heavy atom. The molecule has 2 rings (SSSR count). The number of hydrogen-bond donors (Lipinski definition) is 2. The van der Waals surface area contributed by atoms with Crippen molar-refractivity contribution in [1.82, 2.24) is 4.90 Å². The zero-order valence-electron chi connectivity index (χ0n) is 10.8. The summed E-state index contributed by atoms with van der Waals surface area (Å²) in [4.78, 5) is 13.2. The van der Waals surface area contributed by atoms with Crippen molar-refractivity contribution in [3.63, 3.8) is 0 Å². The number of carboxylic acids is 1. The molecule has 5 heteroatoms. The van der Waals surface area contributed by atoms with Crippen molar-refractivity contribution in [2.75, 3.05) is 13.1 Å². The maximum absolute atomic E-state index is 13.0. The number of hydrogen-bond acceptors (Lipinski definition) is 3. The van der Waals surface area contributed by atoms with Crippen LogP contribution >= 0.6 is 0 Å². The summed E-state index contributed by atoms with van der Waals surface area (Å²) < 4.78 is 13.0. The van der Waals surface area contributed by atoms with Crippen LogP contribution in [0, 0.1) is 5.82 Å². The van der Waals surface area contributed by atoms with E-state index in [-0.39, 0.29) is 11.9 Å². The summed E-state index contributed by atoms with van der Waals surface area (Å²) >= 11 is 0. The zero-order chi connectivity index (χ0) is 13.8. The first kappa shape index (κ1) is 14.0. The predicted octanol–water partition coefficient (Wildman–Crippen LogP) is 1.76. The fraction of sp³-hybridized carbons (Fsp3) is 0.500. The van der Waals surface area contributed by atoms with Gasteiger partial charge in [0.25, 0.3) is 0 Å². The van der Waals surface area contributed by atoms with Gasteiger partial charge in [-0.1, -0.05) is 12.1 Å². The summed E-state index contributed by atoms with van der Waals surface area (Å²) in [5.74, 6) is -1.28. The maximum atomic E-state index is 13.0. The van der Waals surface area contributed by atoms with Gasteiger partial charge in [-0.25, -0.2) is 4.39 Å². The van der Waals surface area contributed by atoms with E-state index in [0.717, 1.165) is 31.5 Å². The van der Waals surface area contributed by atoms with Gasteiger partial charge in [0.05, 0.1) is 0 Å². The van der Waals surface area contributed by atoms with Crippen molar-refractivity contribution in [2.45, 2.75) is 31.3 Å². The molecule has 0 saturated carbocycles. The molecule has 0 amide bonds. The van der Waals surface area contributed by atoms with Crippen LogP contribution in [0.15, 0.2) is 24.3 Å². The molecule has 0 unspecified atom stereocenters. The van der Waals surface area contributed by atoms with E-state index < -0.39 is 12.0 Å². The molecule has 1 aromatic rings. The van der Waals surface area contributed by atoms with Gasteiger partial charge in [-0.05, 0) is 50.0 Å². The highest BCUT2D eigenvalue weighted by Crippen LogP contribution is 2.29. The molecule has 3 N–H and O–H groups in total. The highest BCUT2D eigenvalue weighted by Gasteiger charge is 2.27. The lowest BCUT2D eigenvalue weighted by molar-refractivity contribution is -0.139. The average Bonchev–Trinajstić information content (AvgIpc) is 2.90. The van der Waals surface area contributed by atoms with Crippen LogP contribution in [0.4, 0.5) is 4.39 Å². The SMILES string of the molecule is N[C@H](C[C@@H](c1ccc(F)cc1)N1CCCC1)C(=O)O. The summed E-state index contributed by atoms with van der Waals surface area (Å²) in [5.41, 5.74) is 6.58. The van der Waals surface area contributed by atoms with E-state index in [4.69, 9.17) is 10.8 Å². The van der Waals surface area contributed by atoms with E-state index in [1.165, 1.54) is 12.1 Å². The topological polar surface area (TPSA) is 66.6 Å². The lowest BCUT2D eigenvalue weighted by Gasteiger charge is -2.29. The first-order valence-electron chi connectivity index (χ1n) is 6.56. The Morgan fingerprint density at radius 3 is 2.42 bits per heavy atom. The summed E-state index contributed by atoms with van der Waals surface area (Å²) in [6.45, 7) is 1.88. The van der Waals surface area contributed by atoms with Gasteiger partial charge in [-0.3, -0.25) is 9.69 Å². The number of carbonyl (C=O) groups is 1. The lowest BCUT2D eigenvalue weighted by atomic mass is 9.98. The van der Waals surface area contributed by atoms with Crippen molar-refractivity contribution in [3.8, 4) is 0 Å². The summed E-state index contributed by atoms with van der Waals surface area (Å²) in [6, 6.07) is 5.31. The van der Waals surface area contributed by atoms with Crippen molar-refractivity contribution in [3.05, 3.63) is 35.6 Å². The van der Waals surface area contributed by atoms with E-state index >= 15 is 0 Å². The number of aliphatic carboxylic acids is 1. The molecule has 1 fully saturated rings. The summed E-state index contributed by atoms with van der Waals surface area (Å²) in [5, 5.41) is 8.96. The molecular weight excluding hydrogens is 247 g/mol. The van der Waals surface area contributed by atoms with Gasteiger partial charge in [0.1, 0.15) is 11.9 Å². The minimum Gasteiger partial charge on any atom is -0.480 e. The Labute approximate surface area is 112 Å². The Balaban J connectivity index is 2.17. The van der Waals surface area contributed by atoms with Gasteiger partial charge in [-0.15, -0.1) is 0 Å². The van der Waals surface area contributed by atoms with Crippen LogP contribution in [0.3, 0.4) is 0 Å². The number of nitrogens with two attached hydrogens (primary N) is 1. The molecule has 104 valence electrons. The second-order valence-corrected chi connectivity index (χ2v) is 4.99. The predicted molar refractivity (Wildman–Crippen MR) is 70.2 cm³/mol. The van der Waals surface area contributed by atoms with Crippen molar-refractivity contribution >= 4 is 5.97 Å². The third-order valence-electron chi connectivity index (χ3n) is 3.63. The lowest BCUT2D eigenvalue weighted by Crippen LogP contribution is -2.36. The molecule has 1 aliphatic heterocycles. The Hall–Kier alpha value is -1.46. The maximum Gasteiger partial charge on any atom is 0.320 e. The number of benzene rings is 1. The summed E-state index contributed by atoms with van der Waals surface area (Å²) in [7, 11) is 0. The Kier molecular flexibility index (Phi) is 4.50. The quantitative estimate of drug-likeness (QED) is 0.852. The number of halogens is 1. The van der Waals surface area contributed by atoms with E-state index in [2.05, 4.69) is 4.90 Å². The highest BCUT2D eigenvalue weighted by molar-refractivity contribution is 5.73. The largest absolute Gasteiger partial charge is 0.480 e. The van der Waals surface area contributed by atoms with Gasteiger partial charge < -0.3 is 10.8 Å². The molecule has 0 spiro atoms. The van der Waals surface area contributed by atoms with Crippen molar-refractivity contribution in [1.29, 1.82) is 0 Å². The molecule has 0 radical (unpaired) electrons. The molecule has 19 heavy (non-hydrogen) atoms. The van der Waals surface area contributed by atoms with E-state index in [0.29, 0.717) is 6.42 Å². The first-order valence-corrected chi connectivity index (χ1v) is 6.56. The second-order valence-electron chi connectivity index (χ2n) is 4.99. The smallest absolute Gasteiger partial charge is 0.320 e. The zero-order valence-corrected chi connectivity index (χ0v) is 10.8. The third-order valence-corrected chi connectivity index (χ3v) is 3.63. The van der Waals surface area contributed by atoms with Crippen LogP contribution < -0.4 is 5.73 Å². The van der Waals surface area contributed by atoms with Gasteiger partial charge >= 0.3 is 5.97 Å². The average molecular weight is 266 g/mol.